The summed E-state index contributed by atoms with van der Waals surface area (Å²) in [5.74, 6) is 0. The minimum atomic E-state index is -3.99. The van der Waals surface area contributed by atoms with E-state index in [2.05, 4.69) is 9.46 Å². The van der Waals surface area contributed by atoms with Crippen LogP contribution in [0.25, 0.3) is 0 Å². The molecule has 106 valence electrons. The molecule has 8 heteroatoms. The van der Waals surface area contributed by atoms with Crippen molar-refractivity contribution in [3.8, 4) is 0 Å². The van der Waals surface area contributed by atoms with Gasteiger partial charge in [0, 0.05) is 6.04 Å². The van der Waals surface area contributed by atoms with Crippen molar-refractivity contribution in [2.24, 2.45) is 0 Å². The Hall–Kier alpha value is -0.860. The van der Waals surface area contributed by atoms with E-state index in [1.165, 1.54) is 0 Å². The van der Waals surface area contributed by atoms with Crippen LogP contribution in [0.3, 0.4) is 0 Å². The van der Waals surface area contributed by atoms with E-state index in [-0.39, 0.29) is 6.61 Å². The lowest BCUT2D eigenvalue weighted by Gasteiger charge is -2.21. The molecule has 7 nitrogen and oxygen atoms in total. The maximum Gasteiger partial charge on any atom is 0.421 e. The molecule has 2 unspecified atom stereocenters. The molecular weight excluding hydrogens is 260 g/mol. The van der Waals surface area contributed by atoms with Gasteiger partial charge >= 0.3 is 16.3 Å². The number of amides is 1. The van der Waals surface area contributed by atoms with Gasteiger partial charge in [-0.1, -0.05) is 19.3 Å². The van der Waals surface area contributed by atoms with Crippen LogP contribution in [0, 0.1) is 0 Å². The zero-order valence-electron chi connectivity index (χ0n) is 10.4. The molecule has 0 aromatic carbocycles. The molecule has 3 N–H and O–H groups in total. The molecular formula is C10H20N2O5S. The van der Waals surface area contributed by atoms with E-state index in [1.807, 2.05) is 0 Å². The monoisotopic (exact) mass is 280 g/mol. The molecule has 1 amide bonds. The van der Waals surface area contributed by atoms with Crippen LogP contribution in [-0.2, 0) is 14.9 Å². The molecule has 0 aromatic heterocycles. The highest BCUT2D eigenvalue weighted by molar-refractivity contribution is 7.88. The highest BCUT2D eigenvalue weighted by Gasteiger charge is 2.27. The van der Waals surface area contributed by atoms with Gasteiger partial charge < -0.3 is 9.84 Å². The van der Waals surface area contributed by atoms with Crippen molar-refractivity contribution >= 4 is 16.3 Å². The second-order valence-corrected chi connectivity index (χ2v) is 5.70. The molecule has 18 heavy (non-hydrogen) atoms. The number of carbonyl (C=O) groups excluding carboxylic acids is 1. The number of hydrogen-bond donors (Lipinski definition) is 3. The van der Waals surface area contributed by atoms with E-state index in [1.54, 1.807) is 11.6 Å². The van der Waals surface area contributed by atoms with Gasteiger partial charge in [-0.25, -0.2) is 9.52 Å². The topological polar surface area (TPSA) is 105 Å². The third-order valence-corrected chi connectivity index (χ3v) is 3.83. The Morgan fingerprint density at radius 3 is 2.67 bits per heavy atom. The summed E-state index contributed by atoms with van der Waals surface area (Å²) in [5.41, 5.74) is 0. The molecule has 1 fully saturated rings. The predicted molar refractivity (Wildman–Crippen MR) is 65.1 cm³/mol. The lowest BCUT2D eigenvalue weighted by atomic mass is 10.1. The van der Waals surface area contributed by atoms with E-state index in [0.29, 0.717) is 12.8 Å². The fraction of sp³-hybridized carbons (Fsp3) is 0.900. The smallest absolute Gasteiger partial charge is 0.421 e. The Labute approximate surface area is 107 Å². The predicted octanol–water partition coefficient (Wildman–Crippen LogP) is 0.260. The first-order valence-electron chi connectivity index (χ1n) is 6.09. The van der Waals surface area contributed by atoms with Crippen molar-refractivity contribution in [1.29, 1.82) is 0 Å². The van der Waals surface area contributed by atoms with Crippen LogP contribution >= 0.6 is 0 Å². The normalized spacial score (nSPS) is 25.2. The average Bonchev–Trinajstić information content (AvgIpc) is 2.43. The molecule has 0 bridgehead atoms. The molecule has 0 aliphatic heterocycles. The molecule has 0 radical (unpaired) electrons. The summed E-state index contributed by atoms with van der Waals surface area (Å²) < 4.78 is 31.7. The van der Waals surface area contributed by atoms with E-state index in [4.69, 9.17) is 0 Å². The maximum absolute atomic E-state index is 11.6. The SMILES string of the molecule is CCOC(=O)NS(=O)(=O)NC1CCCCCC1O. The first-order chi connectivity index (χ1) is 8.44. The third-order valence-electron chi connectivity index (χ3n) is 2.78. The quantitative estimate of drug-likeness (QED) is 0.641. The van der Waals surface area contributed by atoms with Crippen molar-refractivity contribution in [2.75, 3.05) is 6.61 Å². The summed E-state index contributed by atoms with van der Waals surface area (Å²) in [5, 5.41) is 9.78. The van der Waals surface area contributed by atoms with E-state index in [0.717, 1.165) is 19.3 Å². The molecule has 2 atom stereocenters. The molecule has 1 aliphatic rings. The molecule has 1 aliphatic carbocycles. The summed E-state index contributed by atoms with van der Waals surface area (Å²) >= 11 is 0. The zero-order valence-corrected chi connectivity index (χ0v) is 11.2. The van der Waals surface area contributed by atoms with Gasteiger partial charge in [-0.3, -0.25) is 0 Å². The number of aliphatic hydroxyl groups is 1. The van der Waals surface area contributed by atoms with Crippen molar-refractivity contribution in [1.82, 2.24) is 9.44 Å². The molecule has 0 aromatic rings. The summed E-state index contributed by atoms with van der Waals surface area (Å²) in [7, 11) is -3.99. The Morgan fingerprint density at radius 1 is 1.33 bits per heavy atom. The molecule has 0 spiro atoms. The van der Waals surface area contributed by atoms with Crippen LogP contribution < -0.4 is 9.44 Å². The van der Waals surface area contributed by atoms with Gasteiger partial charge in [0.1, 0.15) is 0 Å². The molecule has 0 heterocycles. The van der Waals surface area contributed by atoms with Gasteiger partial charge in [0.15, 0.2) is 0 Å². The van der Waals surface area contributed by atoms with Gasteiger partial charge in [-0.15, -0.1) is 0 Å². The number of aliphatic hydroxyl groups excluding tert-OH is 1. The first-order valence-corrected chi connectivity index (χ1v) is 7.58. The summed E-state index contributed by atoms with van der Waals surface area (Å²) in [6, 6.07) is -0.556. The van der Waals surface area contributed by atoms with Crippen molar-refractivity contribution in [3.05, 3.63) is 0 Å². The number of hydrogen-bond acceptors (Lipinski definition) is 5. The number of carbonyl (C=O) groups is 1. The molecule has 1 rings (SSSR count). The highest BCUT2D eigenvalue weighted by Crippen LogP contribution is 2.18. The minimum absolute atomic E-state index is 0.0907. The summed E-state index contributed by atoms with van der Waals surface area (Å²) in [4.78, 5) is 11.0. The van der Waals surface area contributed by atoms with Crippen LogP contribution in [0.1, 0.15) is 39.0 Å². The van der Waals surface area contributed by atoms with Gasteiger partial charge in [-0.05, 0) is 19.8 Å². The van der Waals surface area contributed by atoms with Crippen LogP contribution in [0.2, 0.25) is 0 Å². The Morgan fingerprint density at radius 2 is 2.00 bits per heavy atom. The lowest BCUT2D eigenvalue weighted by Crippen LogP contribution is -2.49. The van der Waals surface area contributed by atoms with Crippen LogP contribution in [-0.4, -0.2) is 38.4 Å². The fourth-order valence-electron chi connectivity index (χ4n) is 1.92. The van der Waals surface area contributed by atoms with Crippen molar-refractivity contribution in [3.63, 3.8) is 0 Å². The second kappa shape index (κ2) is 6.91. The van der Waals surface area contributed by atoms with Gasteiger partial charge in [-0.2, -0.15) is 13.1 Å². The van der Waals surface area contributed by atoms with E-state index in [9.17, 15) is 18.3 Å². The summed E-state index contributed by atoms with van der Waals surface area (Å²) in [6.07, 6.45) is 2.09. The number of rotatable bonds is 4. The van der Waals surface area contributed by atoms with Crippen LogP contribution in [0.4, 0.5) is 4.79 Å². The van der Waals surface area contributed by atoms with E-state index >= 15 is 0 Å². The number of ether oxygens (including phenoxy) is 1. The largest absolute Gasteiger partial charge is 0.449 e. The lowest BCUT2D eigenvalue weighted by molar-refractivity contribution is 0.129. The van der Waals surface area contributed by atoms with Gasteiger partial charge in [0.25, 0.3) is 0 Å². The first kappa shape index (κ1) is 15.2. The molecule has 1 saturated carbocycles. The van der Waals surface area contributed by atoms with E-state index < -0.39 is 28.4 Å². The van der Waals surface area contributed by atoms with Crippen molar-refractivity contribution < 1.29 is 23.1 Å². The Kier molecular flexibility index (Phi) is 5.83. The molecule has 0 saturated heterocycles. The van der Waals surface area contributed by atoms with Gasteiger partial charge in [0.2, 0.25) is 0 Å². The minimum Gasteiger partial charge on any atom is -0.449 e. The standard InChI is InChI=1S/C10H20N2O5S/c1-2-17-10(14)12-18(15,16)11-8-6-4-3-5-7-9(8)13/h8-9,11,13H,2-7H2,1H3,(H,12,14). The third kappa shape index (κ3) is 5.19. The Bertz CT molecular complexity index is 370. The highest BCUT2D eigenvalue weighted by atomic mass is 32.2. The summed E-state index contributed by atoms with van der Waals surface area (Å²) in [6.45, 7) is 1.67. The van der Waals surface area contributed by atoms with Crippen LogP contribution in [0.15, 0.2) is 0 Å². The average molecular weight is 280 g/mol. The van der Waals surface area contributed by atoms with Gasteiger partial charge in [0.05, 0.1) is 12.7 Å². The second-order valence-electron chi connectivity index (χ2n) is 4.26. The van der Waals surface area contributed by atoms with Crippen molar-refractivity contribution in [2.45, 2.75) is 51.2 Å². The number of nitrogens with one attached hydrogen (secondary N) is 2. The van der Waals surface area contributed by atoms with Crippen LogP contribution in [0.5, 0.6) is 0 Å². The maximum atomic E-state index is 11.6. The zero-order chi connectivity index (χ0) is 13.6. The fourth-order valence-corrected chi connectivity index (χ4v) is 2.94. The Balaban J connectivity index is 2.55.